The van der Waals surface area contributed by atoms with Crippen LogP contribution in [0.2, 0.25) is 0 Å². The normalized spacial score (nSPS) is 12.2. The third-order valence-electron chi connectivity index (χ3n) is 1.25. The van der Waals surface area contributed by atoms with Crippen molar-refractivity contribution >= 4 is 11.9 Å². The summed E-state index contributed by atoms with van der Waals surface area (Å²) in [6.45, 7) is 1.50. The van der Waals surface area contributed by atoms with Gasteiger partial charge < -0.3 is 15.5 Å². The van der Waals surface area contributed by atoms with Gasteiger partial charge in [0.1, 0.15) is 0 Å². The van der Waals surface area contributed by atoms with Gasteiger partial charge in [-0.25, -0.2) is 0 Å². The predicted molar refractivity (Wildman–Crippen MR) is 41.6 cm³/mol. The Kier molecular flexibility index (Phi) is 5.03. The minimum Gasteiger partial charge on any atom is -0.481 e. The van der Waals surface area contributed by atoms with Crippen LogP contribution in [-0.4, -0.2) is 34.7 Å². The van der Waals surface area contributed by atoms with Crippen LogP contribution in [0.5, 0.6) is 0 Å². The molecule has 0 aliphatic carbocycles. The summed E-state index contributed by atoms with van der Waals surface area (Å²) >= 11 is 0. The van der Waals surface area contributed by atoms with E-state index >= 15 is 0 Å². The number of hydrogen-bond donors (Lipinski definition) is 3. The van der Waals surface area contributed by atoms with Crippen LogP contribution in [0.4, 0.5) is 0 Å². The molecule has 12 heavy (non-hydrogen) atoms. The topological polar surface area (TPSA) is 86.6 Å². The maximum absolute atomic E-state index is 10.8. The molecule has 0 aliphatic heterocycles. The van der Waals surface area contributed by atoms with Gasteiger partial charge in [-0.2, -0.15) is 0 Å². The number of rotatable bonds is 5. The smallest absolute Gasteiger partial charge is 0.303 e. The standard InChI is InChI=1S/C7H13NO4/c1-5(4-9)8-6(10)2-3-7(11)12/h5,9H,2-4H2,1H3,(H,8,10)(H,11,12). The molecule has 0 fully saturated rings. The van der Waals surface area contributed by atoms with Crippen LogP contribution < -0.4 is 5.32 Å². The van der Waals surface area contributed by atoms with Gasteiger partial charge in [-0.15, -0.1) is 0 Å². The molecular weight excluding hydrogens is 162 g/mol. The SMILES string of the molecule is CC(CO)NC(=O)CCC(=O)O. The van der Waals surface area contributed by atoms with Gasteiger partial charge in [0.25, 0.3) is 0 Å². The molecule has 3 N–H and O–H groups in total. The molecule has 0 aromatic rings. The first kappa shape index (κ1) is 10.9. The molecule has 1 unspecified atom stereocenters. The summed E-state index contributed by atoms with van der Waals surface area (Å²) in [5.41, 5.74) is 0. The number of amides is 1. The molecule has 5 heteroatoms. The van der Waals surface area contributed by atoms with Gasteiger partial charge in [0, 0.05) is 12.5 Å². The van der Waals surface area contributed by atoms with Crippen LogP contribution in [0.15, 0.2) is 0 Å². The fraction of sp³-hybridized carbons (Fsp3) is 0.714. The van der Waals surface area contributed by atoms with Crippen LogP contribution in [0.1, 0.15) is 19.8 Å². The molecule has 70 valence electrons. The van der Waals surface area contributed by atoms with Gasteiger partial charge in [0.2, 0.25) is 5.91 Å². The van der Waals surface area contributed by atoms with Gasteiger partial charge in [0.15, 0.2) is 0 Å². The van der Waals surface area contributed by atoms with Gasteiger partial charge in [0.05, 0.1) is 13.0 Å². The Balaban J connectivity index is 3.53. The second kappa shape index (κ2) is 5.54. The van der Waals surface area contributed by atoms with E-state index in [1.165, 1.54) is 0 Å². The minimum absolute atomic E-state index is 0.0420. The van der Waals surface area contributed by atoms with Crippen LogP contribution in [-0.2, 0) is 9.59 Å². The highest BCUT2D eigenvalue weighted by Gasteiger charge is 2.07. The Morgan fingerprint density at radius 2 is 2.00 bits per heavy atom. The average molecular weight is 175 g/mol. The zero-order valence-electron chi connectivity index (χ0n) is 6.91. The maximum atomic E-state index is 10.8. The third kappa shape index (κ3) is 5.67. The number of carbonyl (C=O) groups excluding carboxylic acids is 1. The fourth-order valence-electron chi connectivity index (χ4n) is 0.613. The zero-order chi connectivity index (χ0) is 9.56. The summed E-state index contributed by atoms with van der Waals surface area (Å²) in [7, 11) is 0. The average Bonchev–Trinajstić information content (AvgIpc) is 2.00. The summed E-state index contributed by atoms with van der Waals surface area (Å²) in [4.78, 5) is 20.9. The van der Waals surface area contributed by atoms with Crippen molar-refractivity contribution < 1.29 is 19.8 Å². The van der Waals surface area contributed by atoms with Crippen LogP contribution in [0.3, 0.4) is 0 Å². The molecule has 1 amide bonds. The molecule has 0 radical (unpaired) electrons. The van der Waals surface area contributed by atoms with Crippen molar-refractivity contribution in [1.29, 1.82) is 0 Å². The summed E-state index contributed by atoms with van der Waals surface area (Å²) in [5, 5.41) is 19.2. The lowest BCUT2D eigenvalue weighted by Crippen LogP contribution is -2.35. The predicted octanol–water partition coefficient (Wildman–Crippen LogP) is -0.652. The van der Waals surface area contributed by atoms with E-state index in [9.17, 15) is 9.59 Å². The first-order valence-corrected chi connectivity index (χ1v) is 3.68. The van der Waals surface area contributed by atoms with Crippen molar-refractivity contribution in [3.8, 4) is 0 Å². The van der Waals surface area contributed by atoms with Crippen LogP contribution in [0, 0.1) is 0 Å². The molecule has 0 aromatic carbocycles. The molecule has 0 rings (SSSR count). The first-order valence-electron chi connectivity index (χ1n) is 3.68. The van der Waals surface area contributed by atoms with E-state index < -0.39 is 5.97 Å². The van der Waals surface area contributed by atoms with Crippen molar-refractivity contribution in [2.24, 2.45) is 0 Å². The number of aliphatic carboxylic acids is 1. The second-order valence-electron chi connectivity index (χ2n) is 2.54. The van der Waals surface area contributed by atoms with Crippen molar-refractivity contribution in [2.45, 2.75) is 25.8 Å². The maximum Gasteiger partial charge on any atom is 0.303 e. The molecule has 5 nitrogen and oxygen atoms in total. The molecule has 0 aromatic heterocycles. The van der Waals surface area contributed by atoms with E-state index in [2.05, 4.69) is 5.32 Å². The molecule has 0 heterocycles. The van der Waals surface area contributed by atoms with E-state index in [0.29, 0.717) is 0 Å². The number of aliphatic hydroxyl groups is 1. The van der Waals surface area contributed by atoms with Gasteiger partial charge >= 0.3 is 5.97 Å². The Hall–Kier alpha value is -1.10. The van der Waals surface area contributed by atoms with Crippen molar-refractivity contribution in [3.05, 3.63) is 0 Å². The molecule has 0 spiro atoms. The fourth-order valence-corrected chi connectivity index (χ4v) is 0.613. The summed E-state index contributed by atoms with van der Waals surface area (Å²) in [6, 6.07) is -0.314. The Morgan fingerprint density at radius 3 is 2.42 bits per heavy atom. The van der Waals surface area contributed by atoms with Gasteiger partial charge in [-0.1, -0.05) is 0 Å². The monoisotopic (exact) mass is 175 g/mol. The second-order valence-corrected chi connectivity index (χ2v) is 2.54. The molecule has 1 atom stereocenters. The van der Waals surface area contributed by atoms with Crippen LogP contribution >= 0.6 is 0 Å². The van der Waals surface area contributed by atoms with Gasteiger partial charge in [-0.3, -0.25) is 9.59 Å². The van der Waals surface area contributed by atoms with Gasteiger partial charge in [-0.05, 0) is 6.92 Å². The Labute approximate surface area is 70.4 Å². The van der Waals surface area contributed by atoms with E-state index in [4.69, 9.17) is 10.2 Å². The van der Waals surface area contributed by atoms with E-state index in [-0.39, 0.29) is 31.4 Å². The van der Waals surface area contributed by atoms with E-state index in [0.717, 1.165) is 0 Å². The molecule has 0 saturated heterocycles. The Bertz CT molecular complexity index is 169. The number of nitrogens with one attached hydrogen (secondary N) is 1. The molecule has 0 aliphatic rings. The highest BCUT2D eigenvalue weighted by atomic mass is 16.4. The van der Waals surface area contributed by atoms with E-state index in [1.807, 2.05) is 0 Å². The largest absolute Gasteiger partial charge is 0.481 e. The number of carboxylic acids is 1. The highest BCUT2D eigenvalue weighted by molar-refractivity contribution is 5.80. The lowest BCUT2D eigenvalue weighted by atomic mass is 10.2. The third-order valence-corrected chi connectivity index (χ3v) is 1.25. The minimum atomic E-state index is -0.998. The van der Waals surface area contributed by atoms with E-state index in [1.54, 1.807) is 6.92 Å². The zero-order valence-corrected chi connectivity index (χ0v) is 6.91. The highest BCUT2D eigenvalue weighted by Crippen LogP contribution is 1.89. The number of hydrogen-bond acceptors (Lipinski definition) is 3. The lowest BCUT2D eigenvalue weighted by molar-refractivity contribution is -0.138. The van der Waals surface area contributed by atoms with Crippen LogP contribution in [0.25, 0.3) is 0 Å². The molecule has 0 saturated carbocycles. The number of aliphatic hydroxyl groups excluding tert-OH is 1. The van der Waals surface area contributed by atoms with Crippen molar-refractivity contribution in [2.75, 3.05) is 6.61 Å². The quantitative estimate of drug-likeness (QED) is 0.518. The number of carbonyl (C=O) groups is 2. The van der Waals surface area contributed by atoms with Crippen molar-refractivity contribution in [3.63, 3.8) is 0 Å². The van der Waals surface area contributed by atoms with Crippen molar-refractivity contribution in [1.82, 2.24) is 5.32 Å². The molecule has 0 bridgehead atoms. The number of carboxylic acid groups (broad SMARTS) is 1. The summed E-state index contributed by atoms with van der Waals surface area (Å²) in [5.74, 6) is -1.35. The Morgan fingerprint density at radius 1 is 1.42 bits per heavy atom. The first-order chi connectivity index (χ1) is 5.56. The molecular formula is C7H13NO4. The summed E-state index contributed by atoms with van der Waals surface area (Å²) < 4.78 is 0. The summed E-state index contributed by atoms with van der Waals surface area (Å²) in [6.07, 6.45) is -0.219. The lowest BCUT2D eigenvalue weighted by Gasteiger charge is -2.09.